The van der Waals surface area contributed by atoms with Crippen LogP contribution in [0.3, 0.4) is 0 Å². The van der Waals surface area contributed by atoms with Crippen molar-refractivity contribution in [3.05, 3.63) is 59.5 Å². The lowest BCUT2D eigenvalue weighted by atomic mass is 9.88. The SMILES string of the molecule is Cc1ccc(CN2CC(C)(c3ccccc3)NCC2C)o1. The van der Waals surface area contributed by atoms with Crippen molar-refractivity contribution in [2.75, 3.05) is 13.1 Å². The molecule has 112 valence electrons. The van der Waals surface area contributed by atoms with Gasteiger partial charge in [-0.25, -0.2) is 0 Å². The quantitative estimate of drug-likeness (QED) is 0.937. The number of benzene rings is 1. The first kappa shape index (κ1) is 14.4. The first-order valence-electron chi connectivity index (χ1n) is 7.67. The second kappa shape index (κ2) is 5.66. The molecule has 3 rings (SSSR count). The van der Waals surface area contributed by atoms with Gasteiger partial charge in [0.05, 0.1) is 12.1 Å². The molecule has 1 aromatic heterocycles. The highest BCUT2D eigenvalue weighted by atomic mass is 16.3. The zero-order chi connectivity index (χ0) is 14.9. The van der Waals surface area contributed by atoms with Crippen molar-refractivity contribution >= 4 is 0 Å². The fourth-order valence-corrected chi connectivity index (χ4v) is 3.10. The maximum Gasteiger partial charge on any atom is 0.118 e. The molecule has 21 heavy (non-hydrogen) atoms. The van der Waals surface area contributed by atoms with Gasteiger partial charge in [-0.1, -0.05) is 30.3 Å². The van der Waals surface area contributed by atoms with Crippen LogP contribution >= 0.6 is 0 Å². The van der Waals surface area contributed by atoms with E-state index >= 15 is 0 Å². The van der Waals surface area contributed by atoms with E-state index < -0.39 is 0 Å². The summed E-state index contributed by atoms with van der Waals surface area (Å²) in [4.78, 5) is 2.50. The van der Waals surface area contributed by atoms with E-state index in [0.29, 0.717) is 6.04 Å². The normalized spacial score (nSPS) is 26.9. The molecule has 0 saturated carbocycles. The highest BCUT2D eigenvalue weighted by molar-refractivity contribution is 5.25. The maximum atomic E-state index is 5.75. The molecule has 1 N–H and O–H groups in total. The fourth-order valence-electron chi connectivity index (χ4n) is 3.10. The zero-order valence-electron chi connectivity index (χ0n) is 13.1. The molecule has 2 aromatic rings. The Morgan fingerprint density at radius 2 is 2.00 bits per heavy atom. The van der Waals surface area contributed by atoms with Crippen LogP contribution in [0.2, 0.25) is 0 Å². The van der Waals surface area contributed by atoms with Gasteiger partial charge in [0.2, 0.25) is 0 Å². The molecule has 0 bridgehead atoms. The summed E-state index contributed by atoms with van der Waals surface area (Å²) < 4.78 is 5.75. The summed E-state index contributed by atoms with van der Waals surface area (Å²) in [6.45, 7) is 9.41. The van der Waals surface area contributed by atoms with E-state index in [4.69, 9.17) is 4.42 Å². The number of hydrogen-bond donors (Lipinski definition) is 1. The van der Waals surface area contributed by atoms with E-state index in [0.717, 1.165) is 31.2 Å². The molecular formula is C18H24N2O. The molecule has 2 heterocycles. The third kappa shape index (κ3) is 3.04. The van der Waals surface area contributed by atoms with Crippen LogP contribution in [0, 0.1) is 6.92 Å². The van der Waals surface area contributed by atoms with Gasteiger partial charge < -0.3 is 9.73 Å². The molecule has 0 aliphatic carbocycles. The van der Waals surface area contributed by atoms with Gasteiger partial charge in [0.25, 0.3) is 0 Å². The first-order valence-corrected chi connectivity index (χ1v) is 7.67. The second-order valence-electron chi connectivity index (χ2n) is 6.35. The molecule has 0 radical (unpaired) electrons. The molecule has 1 fully saturated rings. The predicted molar refractivity (Wildman–Crippen MR) is 85.1 cm³/mol. The van der Waals surface area contributed by atoms with E-state index in [9.17, 15) is 0 Å². The largest absolute Gasteiger partial charge is 0.465 e. The van der Waals surface area contributed by atoms with Crippen molar-refractivity contribution in [2.24, 2.45) is 0 Å². The molecule has 1 aromatic carbocycles. The molecule has 2 atom stereocenters. The number of aryl methyl sites for hydroxylation is 1. The summed E-state index contributed by atoms with van der Waals surface area (Å²) >= 11 is 0. The van der Waals surface area contributed by atoms with Gasteiger partial charge in [-0.2, -0.15) is 0 Å². The smallest absolute Gasteiger partial charge is 0.118 e. The van der Waals surface area contributed by atoms with Gasteiger partial charge in [0.15, 0.2) is 0 Å². The van der Waals surface area contributed by atoms with Gasteiger partial charge in [-0.05, 0) is 38.5 Å². The summed E-state index contributed by atoms with van der Waals surface area (Å²) in [6, 6.07) is 15.3. The van der Waals surface area contributed by atoms with E-state index in [1.54, 1.807) is 0 Å². The average molecular weight is 284 g/mol. The Balaban J connectivity index is 1.78. The third-order valence-corrected chi connectivity index (χ3v) is 4.50. The maximum absolute atomic E-state index is 5.75. The molecule has 0 spiro atoms. The third-order valence-electron chi connectivity index (χ3n) is 4.50. The Labute approximate surface area is 127 Å². The molecule has 0 amide bonds. The summed E-state index contributed by atoms with van der Waals surface area (Å²) in [5.41, 5.74) is 1.34. The second-order valence-corrected chi connectivity index (χ2v) is 6.35. The minimum Gasteiger partial charge on any atom is -0.465 e. The fraction of sp³-hybridized carbons (Fsp3) is 0.444. The van der Waals surface area contributed by atoms with Crippen LogP contribution in [0.4, 0.5) is 0 Å². The van der Waals surface area contributed by atoms with Crippen molar-refractivity contribution in [1.82, 2.24) is 10.2 Å². The van der Waals surface area contributed by atoms with Crippen LogP contribution in [-0.4, -0.2) is 24.0 Å². The van der Waals surface area contributed by atoms with Crippen molar-refractivity contribution in [3.8, 4) is 0 Å². The standard InChI is InChI=1S/C18H24N2O/c1-14-11-19-18(3,16-7-5-4-6-8-16)13-20(14)12-17-10-9-15(2)21-17/h4-10,14,19H,11-13H2,1-3H3. The number of furan rings is 1. The van der Waals surface area contributed by atoms with E-state index in [2.05, 4.69) is 60.5 Å². The monoisotopic (exact) mass is 284 g/mol. The first-order chi connectivity index (χ1) is 10.1. The van der Waals surface area contributed by atoms with Gasteiger partial charge in [0, 0.05) is 19.1 Å². The van der Waals surface area contributed by atoms with Gasteiger partial charge in [-0.3, -0.25) is 4.90 Å². The number of piperazine rings is 1. The lowest BCUT2D eigenvalue weighted by Gasteiger charge is -2.45. The van der Waals surface area contributed by atoms with Gasteiger partial charge in [-0.15, -0.1) is 0 Å². The number of rotatable bonds is 3. The van der Waals surface area contributed by atoms with E-state index in [1.165, 1.54) is 5.56 Å². The summed E-state index contributed by atoms with van der Waals surface area (Å²) in [5, 5.41) is 3.71. The number of hydrogen-bond acceptors (Lipinski definition) is 3. The molecule has 1 aliphatic heterocycles. The average Bonchev–Trinajstić information content (AvgIpc) is 2.89. The van der Waals surface area contributed by atoms with Gasteiger partial charge in [0.1, 0.15) is 11.5 Å². The molecule has 3 heteroatoms. The van der Waals surface area contributed by atoms with Crippen LogP contribution < -0.4 is 5.32 Å². The minimum absolute atomic E-state index is 0.00456. The Morgan fingerprint density at radius 1 is 1.24 bits per heavy atom. The van der Waals surface area contributed by atoms with Gasteiger partial charge >= 0.3 is 0 Å². The minimum atomic E-state index is -0.00456. The molecule has 2 unspecified atom stereocenters. The van der Waals surface area contributed by atoms with Crippen LogP contribution in [0.1, 0.15) is 30.9 Å². The zero-order valence-corrected chi connectivity index (χ0v) is 13.1. The molecular weight excluding hydrogens is 260 g/mol. The highest BCUT2D eigenvalue weighted by Crippen LogP contribution is 2.27. The van der Waals surface area contributed by atoms with Crippen LogP contribution in [-0.2, 0) is 12.1 Å². The van der Waals surface area contributed by atoms with Crippen molar-refractivity contribution < 1.29 is 4.42 Å². The Bertz CT molecular complexity index is 592. The lowest BCUT2D eigenvalue weighted by molar-refractivity contribution is 0.0811. The van der Waals surface area contributed by atoms with Crippen LogP contribution in [0.25, 0.3) is 0 Å². The Morgan fingerprint density at radius 3 is 2.67 bits per heavy atom. The number of nitrogens with one attached hydrogen (secondary N) is 1. The predicted octanol–water partition coefficient (Wildman–Crippen LogP) is 3.30. The summed E-state index contributed by atoms with van der Waals surface area (Å²) in [7, 11) is 0. The summed E-state index contributed by atoms with van der Waals surface area (Å²) in [6.07, 6.45) is 0. The van der Waals surface area contributed by atoms with Crippen LogP contribution in [0.15, 0.2) is 46.9 Å². The summed E-state index contributed by atoms with van der Waals surface area (Å²) in [5.74, 6) is 2.04. The van der Waals surface area contributed by atoms with E-state index in [1.807, 2.05) is 13.0 Å². The van der Waals surface area contributed by atoms with Crippen molar-refractivity contribution in [3.63, 3.8) is 0 Å². The molecule has 1 saturated heterocycles. The highest BCUT2D eigenvalue weighted by Gasteiger charge is 2.35. The number of nitrogens with zero attached hydrogens (tertiary/aromatic N) is 1. The molecule has 3 nitrogen and oxygen atoms in total. The van der Waals surface area contributed by atoms with Crippen LogP contribution in [0.5, 0.6) is 0 Å². The Kier molecular flexibility index (Phi) is 3.87. The molecule has 1 aliphatic rings. The Hall–Kier alpha value is -1.58. The lowest BCUT2D eigenvalue weighted by Crippen LogP contribution is -2.59. The topological polar surface area (TPSA) is 28.4 Å². The van der Waals surface area contributed by atoms with E-state index in [-0.39, 0.29) is 5.54 Å². The van der Waals surface area contributed by atoms with Crippen molar-refractivity contribution in [2.45, 2.75) is 38.9 Å². The van der Waals surface area contributed by atoms with Crippen molar-refractivity contribution in [1.29, 1.82) is 0 Å².